The summed E-state index contributed by atoms with van der Waals surface area (Å²) < 4.78 is 0. The molecule has 1 aliphatic rings. The summed E-state index contributed by atoms with van der Waals surface area (Å²) in [5, 5.41) is 2.25. The molecule has 0 aromatic carbocycles. The first-order chi connectivity index (χ1) is 9.02. The zero-order chi connectivity index (χ0) is 14.5. The van der Waals surface area contributed by atoms with E-state index < -0.39 is 17.4 Å². The third-order valence-corrected chi connectivity index (χ3v) is 3.24. The van der Waals surface area contributed by atoms with Crippen LogP contribution in [0.15, 0.2) is 29.3 Å². The van der Waals surface area contributed by atoms with Crippen molar-refractivity contribution in [3.8, 4) is 0 Å². The highest BCUT2D eigenvalue weighted by molar-refractivity contribution is 6.20. The highest BCUT2D eigenvalue weighted by atomic mass is 16.2. The van der Waals surface area contributed by atoms with Crippen LogP contribution in [0.4, 0.5) is 4.79 Å². The minimum atomic E-state index is -1.05. The van der Waals surface area contributed by atoms with E-state index in [1.165, 1.54) is 0 Å². The van der Waals surface area contributed by atoms with Crippen LogP contribution in [-0.4, -0.2) is 17.8 Å². The predicted molar refractivity (Wildman–Crippen MR) is 75.7 cm³/mol. The Balaban J connectivity index is 3.40. The van der Waals surface area contributed by atoms with Crippen molar-refractivity contribution in [1.82, 2.24) is 5.32 Å². The summed E-state index contributed by atoms with van der Waals surface area (Å²) in [6, 6.07) is -0.700. The summed E-state index contributed by atoms with van der Waals surface area (Å²) in [4.78, 5) is 27.3. The summed E-state index contributed by atoms with van der Waals surface area (Å²) in [7, 11) is 0. The third-order valence-electron chi connectivity index (χ3n) is 3.24. The van der Waals surface area contributed by atoms with E-state index in [2.05, 4.69) is 16.9 Å². The molecule has 1 aliphatic heterocycles. The minimum Gasteiger partial charge on any atom is -0.386 e. The van der Waals surface area contributed by atoms with Gasteiger partial charge < -0.3 is 5.73 Å². The van der Waals surface area contributed by atoms with Gasteiger partial charge in [-0.25, -0.2) is 4.79 Å². The van der Waals surface area contributed by atoms with E-state index in [1.54, 1.807) is 6.08 Å². The highest BCUT2D eigenvalue weighted by Gasteiger charge is 2.47. The maximum Gasteiger partial charge on any atom is 0.349 e. The summed E-state index contributed by atoms with van der Waals surface area (Å²) in [6.07, 6.45) is 6.39. The van der Waals surface area contributed by atoms with E-state index in [4.69, 9.17) is 5.73 Å². The number of amidine groups is 1. The number of nitrogens with zero attached hydrogens (tertiary/aromatic N) is 1. The summed E-state index contributed by atoms with van der Waals surface area (Å²) in [6.45, 7) is 7.72. The van der Waals surface area contributed by atoms with E-state index in [-0.39, 0.29) is 5.84 Å². The molecular formula is C14H21N3O2. The fraction of sp³-hybridized carbons (Fsp3) is 0.500. The normalized spacial score (nSPS) is 23.9. The summed E-state index contributed by atoms with van der Waals surface area (Å²) in [5.74, 6) is -0.340. The molecule has 19 heavy (non-hydrogen) atoms. The molecule has 1 heterocycles. The first kappa shape index (κ1) is 15.1. The predicted octanol–water partition coefficient (Wildman–Crippen LogP) is 2.29. The Labute approximate surface area is 113 Å². The van der Waals surface area contributed by atoms with Gasteiger partial charge in [-0.2, -0.15) is 4.99 Å². The number of hydrogen-bond acceptors (Lipinski definition) is 3. The Hall–Kier alpha value is -1.91. The molecule has 3 N–H and O–H groups in total. The second kappa shape index (κ2) is 6.31. The Morgan fingerprint density at radius 2 is 2.16 bits per heavy atom. The largest absolute Gasteiger partial charge is 0.386 e. The molecule has 5 heteroatoms. The van der Waals surface area contributed by atoms with E-state index in [0.717, 1.165) is 24.8 Å². The van der Waals surface area contributed by atoms with Crippen LogP contribution < -0.4 is 11.1 Å². The molecule has 1 atom stereocenters. The standard InChI is InChI=1S/C14H21N3O2/c1-4-7-10(8-5-2)14(9-6-3)11(15)16-13(19)17-12(14)18/h6-7H,3-5,8-9H2,1-2H3,(H3,15,16,17,18,19)/b10-7+. The SMILES string of the molecule is C=CCC1(/C(=C/CC)CCC)C(=O)NC(=O)N=C1N. The minimum absolute atomic E-state index is 0.0642. The van der Waals surface area contributed by atoms with Crippen LogP contribution in [0.2, 0.25) is 0 Å². The molecular weight excluding hydrogens is 242 g/mol. The molecule has 0 bridgehead atoms. The van der Waals surface area contributed by atoms with Crippen molar-refractivity contribution in [3.63, 3.8) is 0 Å². The van der Waals surface area contributed by atoms with Crippen LogP contribution in [-0.2, 0) is 4.79 Å². The molecule has 104 valence electrons. The van der Waals surface area contributed by atoms with Gasteiger partial charge in [0.2, 0.25) is 5.91 Å². The smallest absolute Gasteiger partial charge is 0.349 e. The molecule has 0 spiro atoms. The van der Waals surface area contributed by atoms with Crippen LogP contribution in [0.1, 0.15) is 39.5 Å². The van der Waals surface area contributed by atoms with Crippen molar-refractivity contribution in [2.24, 2.45) is 16.1 Å². The molecule has 0 aliphatic carbocycles. The van der Waals surface area contributed by atoms with Crippen LogP contribution in [0.5, 0.6) is 0 Å². The third kappa shape index (κ3) is 2.75. The van der Waals surface area contributed by atoms with Crippen LogP contribution in [0.3, 0.4) is 0 Å². The Bertz CT molecular complexity index is 452. The average molecular weight is 263 g/mol. The Kier molecular flexibility index (Phi) is 5.03. The van der Waals surface area contributed by atoms with Crippen molar-refractivity contribution in [3.05, 3.63) is 24.3 Å². The van der Waals surface area contributed by atoms with Gasteiger partial charge in [0.25, 0.3) is 0 Å². The molecule has 0 saturated carbocycles. The van der Waals surface area contributed by atoms with Crippen LogP contribution >= 0.6 is 0 Å². The average Bonchev–Trinajstić information content (AvgIpc) is 2.33. The van der Waals surface area contributed by atoms with Crippen molar-refractivity contribution >= 4 is 17.8 Å². The molecule has 0 aromatic rings. The number of hydrogen-bond donors (Lipinski definition) is 2. The topological polar surface area (TPSA) is 84.5 Å². The number of nitrogens with two attached hydrogens (primary N) is 1. The highest BCUT2D eigenvalue weighted by Crippen LogP contribution is 2.37. The van der Waals surface area contributed by atoms with Gasteiger partial charge in [0.1, 0.15) is 11.3 Å². The van der Waals surface area contributed by atoms with Gasteiger partial charge in [0.05, 0.1) is 0 Å². The number of carbonyl (C=O) groups is 2. The number of amides is 3. The number of allylic oxidation sites excluding steroid dienone is 2. The van der Waals surface area contributed by atoms with E-state index in [1.807, 2.05) is 19.9 Å². The number of aliphatic imine (C=N–C) groups is 1. The molecule has 0 aromatic heterocycles. The first-order valence-corrected chi connectivity index (χ1v) is 6.53. The van der Waals surface area contributed by atoms with Gasteiger partial charge in [-0.05, 0) is 19.3 Å². The van der Waals surface area contributed by atoms with Gasteiger partial charge in [-0.3, -0.25) is 10.1 Å². The van der Waals surface area contributed by atoms with Crippen molar-refractivity contribution in [2.75, 3.05) is 0 Å². The van der Waals surface area contributed by atoms with Gasteiger partial charge in [0.15, 0.2) is 0 Å². The summed E-state index contributed by atoms with van der Waals surface area (Å²) in [5.41, 5.74) is 5.77. The van der Waals surface area contributed by atoms with Gasteiger partial charge >= 0.3 is 6.03 Å². The van der Waals surface area contributed by atoms with Crippen LogP contribution in [0, 0.1) is 5.41 Å². The maximum absolute atomic E-state index is 12.3. The zero-order valence-electron chi connectivity index (χ0n) is 11.5. The zero-order valence-corrected chi connectivity index (χ0v) is 11.5. The lowest BCUT2D eigenvalue weighted by Gasteiger charge is -2.35. The molecule has 0 radical (unpaired) electrons. The lowest BCUT2D eigenvalue weighted by molar-refractivity contribution is -0.125. The van der Waals surface area contributed by atoms with E-state index in [9.17, 15) is 9.59 Å². The second-order valence-electron chi connectivity index (χ2n) is 4.54. The number of nitrogens with one attached hydrogen (secondary N) is 1. The monoisotopic (exact) mass is 263 g/mol. The fourth-order valence-corrected chi connectivity index (χ4v) is 2.41. The molecule has 0 fully saturated rings. The molecule has 5 nitrogen and oxygen atoms in total. The van der Waals surface area contributed by atoms with E-state index in [0.29, 0.717) is 6.42 Å². The van der Waals surface area contributed by atoms with Gasteiger partial charge in [-0.15, -0.1) is 6.58 Å². The Morgan fingerprint density at radius 1 is 1.47 bits per heavy atom. The number of rotatable bonds is 6. The lowest BCUT2D eigenvalue weighted by Crippen LogP contribution is -2.56. The van der Waals surface area contributed by atoms with E-state index >= 15 is 0 Å². The number of urea groups is 1. The molecule has 0 saturated heterocycles. The molecule has 1 rings (SSSR count). The quantitative estimate of drug-likeness (QED) is 0.721. The molecule has 1 unspecified atom stereocenters. The Morgan fingerprint density at radius 3 is 2.63 bits per heavy atom. The van der Waals surface area contributed by atoms with Gasteiger partial charge in [-0.1, -0.05) is 38.0 Å². The van der Waals surface area contributed by atoms with Crippen molar-refractivity contribution in [2.45, 2.75) is 39.5 Å². The number of carbonyl (C=O) groups excluding carboxylic acids is 2. The fourth-order valence-electron chi connectivity index (χ4n) is 2.41. The summed E-state index contributed by atoms with van der Waals surface area (Å²) >= 11 is 0. The second-order valence-corrected chi connectivity index (χ2v) is 4.54. The number of imide groups is 1. The van der Waals surface area contributed by atoms with Gasteiger partial charge in [0, 0.05) is 0 Å². The van der Waals surface area contributed by atoms with Crippen molar-refractivity contribution in [1.29, 1.82) is 0 Å². The molecule has 3 amide bonds. The maximum atomic E-state index is 12.3. The van der Waals surface area contributed by atoms with Crippen molar-refractivity contribution < 1.29 is 9.59 Å². The first-order valence-electron chi connectivity index (χ1n) is 6.53. The van der Waals surface area contributed by atoms with Crippen LogP contribution in [0.25, 0.3) is 0 Å². The lowest BCUT2D eigenvalue weighted by atomic mass is 9.72.